The normalized spacial score (nSPS) is 16.4. The number of anilines is 2. The van der Waals surface area contributed by atoms with Crippen molar-refractivity contribution in [3.05, 3.63) is 83.2 Å². The fourth-order valence-corrected chi connectivity index (χ4v) is 4.26. The molecule has 0 fully saturated rings. The summed E-state index contributed by atoms with van der Waals surface area (Å²) < 4.78 is 1.81. The Morgan fingerprint density at radius 1 is 1.06 bits per heavy atom. The number of carbonyl (C=O) groups excluding carboxylic acids is 2. The molecule has 164 valence electrons. The zero-order valence-electron chi connectivity index (χ0n) is 18.9. The predicted molar refractivity (Wildman–Crippen MR) is 127 cm³/mol. The zero-order valence-corrected chi connectivity index (χ0v) is 18.9. The van der Waals surface area contributed by atoms with Crippen molar-refractivity contribution in [3.63, 3.8) is 0 Å². The summed E-state index contributed by atoms with van der Waals surface area (Å²) in [6, 6.07) is 17.3. The van der Waals surface area contributed by atoms with E-state index < -0.39 is 0 Å². The van der Waals surface area contributed by atoms with E-state index in [0.717, 1.165) is 33.9 Å². The molecule has 2 aromatic carbocycles. The van der Waals surface area contributed by atoms with Gasteiger partial charge in [0.05, 0.1) is 23.6 Å². The van der Waals surface area contributed by atoms with Crippen LogP contribution in [0.3, 0.4) is 0 Å². The lowest BCUT2D eigenvalue weighted by atomic mass is 10.1. The molecule has 1 aromatic heterocycles. The summed E-state index contributed by atoms with van der Waals surface area (Å²) in [7, 11) is 1.89. The predicted octanol–water partition coefficient (Wildman–Crippen LogP) is 4.41. The molecule has 3 aromatic rings. The summed E-state index contributed by atoms with van der Waals surface area (Å²) in [4.78, 5) is 30.1. The second-order valence-corrected chi connectivity index (χ2v) is 8.26. The Balaban J connectivity index is 1.70. The molecule has 0 saturated carbocycles. The number of aryl methyl sites for hydroxylation is 2. The van der Waals surface area contributed by atoms with Gasteiger partial charge >= 0.3 is 0 Å². The van der Waals surface area contributed by atoms with Gasteiger partial charge in [-0.2, -0.15) is 5.10 Å². The maximum Gasteiger partial charge on any atom is 0.251 e. The number of hydrogen-bond donors (Lipinski definition) is 0. The summed E-state index contributed by atoms with van der Waals surface area (Å²) in [5.74, 6) is -0.144. The Bertz CT molecular complexity index is 1180. The highest BCUT2D eigenvalue weighted by atomic mass is 16.2. The van der Waals surface area contributed by atoms with Gasteiger partial charge in [-0.1, -0.05) is 42.5 Å². The average molecular weight is 429 g/mol. The smallest absolute Gasteiger partial charge is 0.251 e. The van der Waals surface area contributed by atoms with Gasteiger partial charge in [-0.3, -0.25) is 14.3 Å². The lowest BCUT2D eigenvalue weighted by Gasteiger charge is -2.27. The Labute approximate surface area is 188 Å². The molecule has 1 atom stereocenters. The van der Waals surface area contributed by atoms with Gasteiger partial charge in [-0.05, 0) is 44.5 Å². The molecule has 2 heterocycles. The maximum atomic E-state index is 13.4. The molecule has 4 rings (SSSR count). The highest BCUT2D eigenvalue weighted by Gasteiger charge is 2.33. The molecule has 1 aliphatic heterocycles. The first kappa shape index (κ1) is 21.6. The largest absolute Gasteiger partial charge is 0.306 e. The Kier molecular flexibility index (Phi) is 5.95. The van der Waals surface area contributed by atoms with Gasteiger partial charge in [0.15, 0.2) is 0 Å². The van der Waals surface area contributed by atoms with Crippen LogP contribution >= 0.6 is 0 Å². The van der Waals surface area contributed by atoms with E-state index in [2.05, 4.69) is 5.10 Å². The topological polar surface area (TPSA) is 58.4 Å². The molecule has 6 heteroatoms. The van der Waals surface area contributed by atoms with Crippen molar-refractivity contribution in [2.75, 3.05) is 9.80 Å². The van der Waals surface area contributed by atoms with Gasteiger partial charge in [0.2, 0.25) is 5.91 Å². The van der Waals surface area contributed by atoms with E-state index in [1.807, 2.05) is 93.2 Å². The van der Waals surface area contributed by atoms with Crippen LogP contribution in [0.2, 0.25) is 0 Å². The monoisotopic (exact) mass is 428 g/mol. The number of para-hydroxylation sites is 2. The van der Waals surface area contributed by atoms with E-state index in [9.17, 15) is 9.59 Å². The summed E-state index contributed by atoms with van der Waals surface area (Å²) in [6.45, 7) is 6.30. The van der Waals surface area contributed by atoms with Crippen molar-refractivity contribution in [3.8, 4) is 0 Å². The van der Waals surface area contributed by atoms with Crippen molar-refractivity contribution in [1.29, 1.82) is 0 Å². The standard InChI is InChI=1S/C26H28N4O2/c1-18-16-26(32)29(17-21-10-6-5-7-11-21)23-12-8-9-13-24(23)30(18)25(31)15-14-22-19(2)27-28(4)20(22)3/h5-15,18H,16-17H2,1-4H3. The average Bonchev–Trinajstić information content (AvgIpc) is 2.96. The second-order valence-electron chi connectivity index (χ2n) is 8.26. The van der Waals surface area contributed by atoms with Crippen molar-refractivity contribution < 1.29 is 9.59 Å². The van der Waals surface area contributed by atoms with E-state index in [4.69, 9.17) is 0 Å². The van der Waals surface area contributed by atoms with Crippen LogP contribution < -0.4 is 9.80 Å². The lowest BCUT2D eigenvalue weighted by molar-refractivity contribution is -0.119. The highest BCUT2D eigenvalue weighted by molar-refractivity contribution is 6.10. The van der Waals surface area contributed by atoms with Gasteiger partial charge < -0.3 is 9.80 Å². The summed E-state index contributed by atoms with van der Waals surface area (Å²) >= 11 is 0. The first-order valence-corrected chi connectivity index (χ1v) is 10.8. The first-order chi connectivity index (χ1) is 15.4. The SMILES string of the molecule is Cc1nn(C)c(C)c1C=CC(=O)N1c2ccccc2N(Cc2ccccc2)C(=O)CC1C. The van der Waals surface area contributed by atoms with E-state index in [1.54, 1.807) is 15.9 Å². The van der Waals surface area contributed by atoms with E-state index in [1.165, 1.54) is 0 Å². The summed E-state index contributed by atoms with van der Waals surface area (Å²) in [5, 5.41) is 4.42. The third-order valence-corrected chi connectivity index (χ3v) is 6.02. The number of fused-ring (bicyclic) bond motifs is 1. The Morgan fingerprint density at radius 2 is 1.72 bits per heavy atom. The van der Waals surface area contributed by atoms with Crippen LogP contribution in [0.5, 0.6) is 0 Å². The fourth-order valence-electron chi connectivity index (χ4n) is 4.26. The molecule has 0 bridgehead atoms. The molecule has 0 spiro atoms. The molecule has 2 amide bonds. The molecule has 0 aliphatic carbocycles. The Hall–Kier alpha value is -3.67. The van der Waals surface area contributed by atoms with Gasteiger partial charge in [0.1, 0.15) is 0 Å². The summed E-state index contributed by atoms with van der Waals surface area (Å²) in [6.07, 6.45) is 3.66. The number of carbonyl (C=O) groups is 2. The quantitative estimate of drug-likeness (QED) is 0.579. The van der Waals surface area contributed by atoms with Crippen LogP contribution in [0.15, 0.2) is 60.7 Å². The van der Waals surface area contributed by atoms with Crippen molar-refractivity contribution in [2.24, 2.45) is 7.05 Å². The fraction of sp³-hybridized carbons (Fsp3) is 0.269. The number of hydrogen-bond acceptors (Lipinski definition) is 3. The minimum atomic E-state index is -0.266. The molecule has 0 saturated heterocycles. The number of rotatable bonds is 4. The zero-order chi connectivity index (χ0) is 22.8. The molecule has 0 radical (unpaired) electrons. The third-order valence-electron chi connectivity index (χ3n) is 6.02. The molecular weight excluding hydrogens is 400 g/mol. The number of amides is 2. The molecule has 0 N–H and O–H groups in total. The van der Waals surface area contributed by atoms with Gasteiger partial charge in [-0.25, -0.2) is 0 Å². The third kappa shape index (κ3) is 4.08. The highest BCUT2D eigenvalue weighted by Crippen LogP contribution is 2.36. The van der Waals surface area contributed by atoms with Crippen LogP contribution in [0.4, 0.5) is 11.4 Å². The number of nitrogens with zero attached hydrogens (tertiary/aromatic N) is 4. The lowest BCUT2D eigenvalue weighted by Crippen LogP contribution is -2.38. The number of benzene rings is 2. The van der Waals surface area contributed by atoms with E-state index in [0.29, 0.717) is 6.54 Å². The maximum absolute atomic E-state index is 13.4. The van der Waals surface area contributed by atoms with E-state index in [-0.39, 0.29) is 24.3 Å². The molecular formula is C26H28N4O2. The van der Waals surface area contributed by atoms with E-state index >= 15 is 0 Å². The molecule has 6 nitrogen and oxygen atoms in total. The van der Waals surface area contributed by atoms with Crippen molar-refractivity contribution >= 4 is 29.3 Å². The minimum Gasteiger partial charge on any atom is -0.306 e. The van der Waals surface area contributed by atoms with Crippen LogP contribution in [0, 0.1) is 13.8 Å². The van der Waals surface area contributed by atoms with Crippen LogP contribution in [0.1, 0.15) is 35.9 Å². The number of aromatic nitrogens is 2. The van der Waals surface area contributed by atoms with Crippen LogP contribution in [-0.4, -0.2) is 27.6 Å². The summed E-state index contributed by atoms with van der Waals surface area (Å²) in [5.41, 5.74) is 5.36. The Morgan fingerprint density at radius 3 is 2.38 bits per heavy atom. The first-order valence-electron chi connectivity index (χ1n) is 10.8. The molecule has 1 aliphatic rings. The minimum absolute atomic E-state index is 0.00651. The van der Waals surface area contributed by atoms with Crippen LogP contribution in [0.25, 0.3) is 6.08 Å². The van der Waals surface area contributed by atoms with Crippen molar-refractivity contribution in [2.45, 2.75) is 39.8 Å². The molecule has 32 heavy (non-hydrogen) atoms. The second kappa shape index (κ2) is 8.83. The van der Waals surface area contributed by atoms with Crippen molar-refractivity contribution in [1.82, 2.24) is 9.78 Å². The van der Waals surface area contributed by atoms with Gasteiger partial charge in [0.25, 0.3) is 5.91 Å². The van der Waals surface area contributed by atoms with Gasteiger partial charge in [0, 0.05) is 36.8 Å². The molecule has 1 unspecified atom stereocenters. The van der Waals surface area contributed by atoms with Gasteiger partial charge in [-0.15, -0.1) is 0 Å². The van der Waals surface area contributed by atoms with Crippen LogP contribution in [-0.2, 0) is 23.2 Å².